The van der Waals surface area contributed by atoms with Crippen molar-refractivity contribution in [1.82, 2.24) is 29.9 Å². The Hall–Kier alpha value is -2.42. The standard InChI is InChI=1S/C14H22N8O/c1-10-8-12(20(3)19-10)16-13(23)9-21-4-6-22(7-5-21)14-15-11(2)17-18-14/h8H,4-7,9H2,1-3H3,(H,16,23)(H,15,17,18). The third-order valence-electron chi connectivity index (χ3n) is 3.88. The SMILES string of the molecule is Cc1cc(NC(=O)CN2CCN(c3n[nH]c(C)n3)CC2)n(C)n1. The fourth-order valence-corrected chi connectivity index (χ4v) is 2.69. The molecule has 0 saturated carbocycles. The minimum absolute atomic E-state index is 0.0183. The van der Waals surface area contributed by atoms with Crippen LogP contribution in [0.25, 0.3) is 0 Å². The van der Waals surface area contributed by atoms with Crippen molar-refractivity contribution >= 4 is 17.7 Å². The van der Waals surface area contributed by atoms with E-state index in [0.29, 0.717) is 6.54 Å². The molecule has 3 heterocycles. The molecule has 2 N–H and O–H groups in total. The molecule has 0 radical (unpaired) electrons. The summed E-state index contributed by atoms with van der Waals surface area (Å²) in [6.07, 6.45) is 0. The van der Waals surface area contributed by atoms with Crippen LogP contribution >= 0.6 is 0 Å². The molecule has 0 unspecified atom stereocenters. The van der Waals surface area contributed by atoms with Crippen LogP contribution in [0.4, 0.5) is 11.8 Å². The van der Waals surface area contributed by atoms with Crippen LogP contribution < -0.4 is 10.2 Å². The van der Waals surface area contributed by atoms with Crippen molar-refractivity contribution < 1.29 is 4.79 Å². The van der Waals surface area contributed by atoms with E-state index in [0.717, 1.165) is 49.5 Å². The summed E-state index contributed by atoms with van der Waals surface area (Å²) < 4.78 is 1.68. The number of carbonyl (C=O) groups is 1. The van der Waals surface area contributed by atoms with Crippen molar-refractivity contribution in [2.45, 2.75) is 13.8 Å². The van der Waals surface area contributed by atoms with Crippen molar-refractivity contribution in [2.24, 2.45) is 7.05 Å². The summed E-state index contributed by atoms with van der Waals surface area (Å²) in [6, 6.07) is 1.86. The van der Waals surface area contributed by atoms with E-state index in [2.05, 4.69) is 35.4 Å². The number of aromatic amines is 1. The van der Waals surface area contributed by atoms with Gasteiger partial charge in [0, 0.05) is 39.3 Å². The first kappa shape index (κ1) is 15.5. The smallest absolute Gasteiger partial charge is 0.244 e. The number of nitrogens with one attached hydrogen (secondary N) is 2. The molecule has 2 aromatic heterocycles. The van der Waals surface area contributed by atoms with Gasteiger partial charge in [0.25, 0.3) is 0 Å². The first-order valence-electron chi connectivity index (χ1n) is 7.68. The number of amides is 1. The Bertz CT molecular complexity index is 683. The van der Waals surface area contributed by atoms with E-state index in [4.69, 9.17) is 0 Å². The molecule has 9 nitrogen and oxygen atoms in total. The van der Waals surface area contributed by atoms with Gasteiger partial charge in [-0.05, 0) is 13.8 Å². The molecule has 1 fully saturated rings. The molecule has 3 rings (SSSR count). The van der Waals surface area contributed by atoms with Crippen LogP contribution in [0.3, 0.4) is 0 Å². The first-order valence-corrected chi connectivity index (χ1v) is 7.68. The average Bonchev–Trinajstić information content (AvgIpc) is 3.06. The minimum atomic E-state index is -0.0183. The molecule has 0 atom stereocenters. The summed E-state index contributed by atoms with van der Waals surface area (Å²) >= 11 is 0. The Kier molecular flexibility index (Phi) is 4.28. The van der Waals surface area contributed by atoms with Gasteiger partial charge in [0.15, 0.2) is 0 Å². The molecule has 124 valence electrons. The third-order valence-corrected chi connectivity index (χ3v) is 3.88. The van der Waals surface area contributed by atoms with E-state index in [9.17, 15) is 4.79 Å². The number of aryl methyl sites for hydroxylation is 3. The van der Waals surface area contributed by atoms with Gasteiger partial charge in [-0.3, -0.25) is 19.5 Å². The van der Waals surface area contributed by atoms with Crippen molar-refractivity contribution in [3.8, 4) is 0 Å². The molecule has 1 amide bonds. The number of piperazine rings is 1. The Labute approximate surface area is 134 Å². The normalized spacial score (nSPS) is 15.9. The van der Waals surface area contributed by atoms with E-state index in [1.807, 2.05) is 27.0 Å². The highest BCUT2D eigenvalue weighted by molar-refractivity contribution is 5.91. The Morgan fingerprint density at radius 2 is 2.04 bits per heavy atom. The number of H-pyrrole nitrogens is 1. The monoisotopic (exact) mass is 318 g/mol. The van der Waals surface area contributed by atoms with Gasteiger partial charge in [-0.2, -0.15) is 10.1 Å². The van der Waals surface area contributed by atoms with E-state index in [-0.39, 0.29) is 5.91 Å². The maximum atomic E-state index is 12.2. The fraction of sp³-hybridized carbons (Fsp3) is 0.571. The Morgan fingerprint density at radius 1 is 1.30 bits per heavy atom. The van der Waals surface area contributed by atoms with Crippen LogP contribution in [0, 0.1) is 13.8 Å². The van der Waals surface area contributed by atoms with E-state index >= 15 is 0 Å². The molecule has 1 aliphatic heterocycles. The number of hydrogen-bond acceptors (Lipinski definition) is 6. The molecule has 9 heteroatoms. The lowest BCUT2D eigenvalue weighted by Gasteiger charge is -2.33. The molecule has 0 aliphatic carbocycles. The summed E-state index contributed by atoms with van der Waals surface area (Å²) in [7, 11) is 1.82. The lowest BCUT2D eigenvalue weighted by atomic mass is 10.3. The summed E-state index contributed by atoms with van der Waals surface area (Å²) in [4.78, 5) is 20.8. The second-order valence-corrected chi connectivity index (χ2v) is 5.83. The van der Waals surface area contributed by atoms with Crippen LogP contribution in [-0.4, -0.2) is 68.5 Å². The van der Waals surface area contributed by atoms with Gasteiger partial charge in [0.1, 0.15) is 11.6 Å². The van der Waals surface area contributed by atoms with Crippen LogP contribution in [0.15, 0.2) is 6.07 Å². The van der Waals surface area contributed by atoms with Crippen molar-refractivity contribution in [3.63, 3.8) is 0 Å². The third kappa shape index (κ3) is 3.67. The summed E-state index contributed by atoms with van der Waals surface area (Å²) in [5, 5.41) is 14.2. The molecule has 0 bridgehead atoms. The zero-order chi connectivity index (χ0) is 16.4. The number of rotatable bonds is 4. The Morgan fingerprint density at radius 3 is 2.61 bits per heavy atom. The quantitative estimate of drug-likeness (QED) is 0.818. The first-order chi connectivity index (χ1) is 11.0. The number of hydrogen-bond donors (Lipinski definition) is 2. The average molecular weight is 318 g/mol. The highest BCUT2D eigenvalue weighted by Gasteiger charge is 2.21. The molecule has 2 aromatic rings. The summed E-state index contributed by atoms with van der Waals surface area (Å²) in [5.41, 5.74) is 0.887. The second kappa shape index (κ2) is 6.37. The summed E-state index contributed by atoms with van der Waals surface area (Å²) in [6.45, 7) is 7.42. The van der Waals surface area contributed by atoms with Gasteiger partial charge in [-0.1, -0.05) is 0 Å². The fourth-order valence-electron chi connectivity index (χ4n) is 2.69. The topological polar surface area (TPSA) is 95.0 Å². The van der Waals surface area contributed by atoms with Gasteiger partial charge in [0.2, 0.25) is 11.9 Å². The van der Waals surface area contributed by atoms with Crippen molar-refractivity contribution in [1.29, 1.82) is 0 Å². The van der Waals surface area contributed by atoms with Crippen LogP contribution in [0.5, 0.6) is 0 Å². The zero-order valence-electron chi connectivity index (χ0n) is 13.7. The molecule has 23 heavy (non-hydrogen) atoms. The highest BCUT2D eigenvalue weighted by atomic mass is 16.2. The van der Waals surface area contributed by atoms with Crippen LogP contribution in [-0.2, 0) is 11.8 Å². The number of aromatic nitrogens is 5. The molecule has 1 aliphatic rings. The number of anilines is 2. The maximum Gasteiger partial charge on any atom is 0.244 e. The molecule has 0 spiro atoms. The summed E-state index contributed by atoms with van der Waals surface area (Å²) in [5.74, 6) is 2.25. The van der Waals surface area contributed by atoms with Gasteiger partial charge in [-0.25, -0.2) is 0 Å². The van der Waals surface area contributed by atoms with E-state index in [1.54, 1.807) is 4.68 Å². The highest BCUT2D eigenvalue weighted by Crippen LogP contribution is 2.11. The number of nitrogens with zero attached hydrogens (tertiary/aromatic N) is 6. The van der Waals surface area contributed by atoms with Gasteiger partial charge in [-0.15, -0.1) is 5.10 Å². The van der Waals surface area contributed by atoms with Crippen molar-refractivity contribution in [2.75, 3.05) is 42.9 Å². The van der Waals surface area contributed by atoms with Gasteiger partial charge >= 0.3 is 0 Å². The zero-order valence-corrected chi connectivity index (χ0v) is 13.7. The largest absolute Gasteiger partial charge is 0.337 e. The van der Waals surface area contributed by atoms with Crippen molar-refractivity contribution in [3.05, 3.63) is 17.6 Å². The Balaban J connectivity index is 1.48. The van der Waals surface area contributed by atoms with E-state index < -0.39 is 0 Å². The lowest BCUT2D eigenvalue weighted by molar-refractivity contribution is -0.117. The lowest BCUT2D eigenvalue weighted by Crippen LogP contribution is -2.49. The molecular weight excluding hydrogens is 296 g/mol. The van der Waals surface area contributed by atoms with Gasteiger partial charge < -0.3 is 10.2 Å². The second-order valence-electron chi connectivity index (χ2n) is 5.83. The minimum Gasteiger partial charge on any atom is -0.337 e. The predicted octanol–water partition coefficient (Wildman–Crippen LogP) is -0.0843. The number of carbonyl (C=O) groups excluding carboxylic acids is 1. The predicted molar refractivity (Wildman–Crippen MR) is 86.3 cm³/mol. The van der Waals surface area contributed by atoms with E-state index in [1.165, 1.54) is 0 Å². The van der Waals surface area contributed by atoms with Crippen LogP contribution in [0.2, 0.25) is 0 Å². The maximum absolute atomic E-state index is 12.2. The molecule has 1 saturated heterocycles. The van der Waals surface area contributed by atoms with Gasteiger partial charge in [0.05, 0.1) is 12.2 Å². The van der Waals surface area contributed by atoms with Crippen LogP contribution in [0.1, 0.15) is 11.5 Å². The molecule has 0 aromatic carbocycles. The molecular formula is C14H22N8O.